The number of pyridine rings is 1. The molecule has 0 saturated carbocycles. The van der Waals surface area contributed by atoms with Crippen LogP contribution in [0.4, 0.5) is 5.82 Å². The molecule has 0 bridgehead atoms. The third-order valence-corrected chi connectivity index (χ3v) is 2.76. The topological polar surface area (TPSA) is 28.2 Å². The first kappa shape index (κ1) is 12.3. The third-order valence-electron chi connectivity index (χ3n) is 2.17. The molecular formula is C11H19N3S. The molecule has 0 aliphatic heterocycles. The standard InChI is InChI=1S/C11H19N3S/c1-12-9-10-5-4-6-11(13-10)14(2)7-8-15-3/h4-6,12H,7-9H2,1-3H3. The van der Waals surface area contributed by atoms with Crippen molar-refractivity contribution >= 4 is 17.6 Å². The Balaban J connectivity index is 2.62. The van der Waals surface area contributed by atoms with Crippen LogP contribution in [-0.2, 0) is 6.54 Å². The van der Waals surface area contributed by atoms with E-state index in [0.717, 1.165) is 30.4 Å². The minimum absolute atomic E-state index is 0.824. The van der Waals surface area contributed by atoms with Crippen LogP contribution >= 0.6 is 11.8 Å². The summed E-state index contributed by atoms with van der Waals surface area (Å²) >= 11 is 1.86. The van der Waals surface area contributed by atoms with E-state index in [9.17, 15) is 0 Å². The average molecular weight is 225 g/mol. The monoisotopic (exact) mass is 225 g/mol. The number of rotatable bonds is 6. The Morgan fingerprint density at radius 2 is 2.27 bits per heavy atom. The smallest absolute Gasteiger partial charge is 0.128 e. The molecule has 0 amide bonds. The number of nitrogens with one attached hydrogen (secondary N) is 1. The van der Waals surface area contributed by atoms with E-state index in [-0.39, 0.29) is 0 Å². The summed E-state index contributed by atoms with van der Waals surface area (Å²) in [5, 5.41) is 3.11. The Labute approximate surface area is 96.3 Å². The fourth-order valence-corrected chi connectivity index (χ4v) is 1.76. The largest absolute Gasteiger partial charge is 0.359 e. The van der Waals surface area contributed by atoms with Gasteiger partial charge in [-0.3, -0.25) is 0 Å². The molecular weight excluding hydrogens is 206 g/mol. The van der Waals surface area contributed by atoms with Gasteiger partial charge in [-0.25, -0.2) is 4.98 Å². The van der Waals surface area contributed by atoms with Crippen LogP contribution in [0.1, 0.15) is 5.69 Å². The highest BCUT2D eigenvalue weighted by atomic mass is 32.2. The van der Waals surface area contributed by atoms with E-state index >= 15 is 0 Å². The van der Waals surface area contributed by atoms with Crippen LogP contribution in [0, 0.1) is 0 Å². The van der Waals surface area contributed by atoms with Gasteiger partial charge in [0.05, 0.1) is 5.69 Å². The number of anilines is 1. The Kier molecular flexibility index (Phi) is 5.50. The summed E-state index contributed by atoms with van der Waals surface area (Å²) in [6.07, 6.45) is 2.12. The van der Waals surface area contributed by atoms with Crippen molar-refractivity contribution in [1.82, 2.24) is 10.3 Å². The van der Waals surface area contributed by atoms with Crippen molar-refractivity contribution in [3.8, 4) is 0 Å². The lowest BCUT2D eigenvalue weighted by molar-refractivity contribution is 0.786. The van der Waals surface area contributed by atoms with E-state index < -0.39 is 0 Å². The van der Waals surface area contributed by atoms with Crippen molar-refractivity contribution in [2.24, 2.45) is 0 Å². The zero-order chi connectivity index (χ0) is 11.1. The quantitative estimate of drug-likeness (QED) is 0.796. The normalized spacial score (nSPS) is 10.3. The highest BCUT2D eigenvalue weighted by Crippen LogP contribution is 2.10. The van der Waals surface area contributed by atoms with Crippen LogP contribution in [0.15, 0.2) is 18.2 Å². The molecule has 0 atom stereocenters. The Bertz CT molecular complexity index is 291. The maximum Gasteiger partial charge on any atom is 0.128 e. The predicted octanol–water partition coefficient (Wildman–Crippen LogP) is 1.60. The molecule has 4 heteroatoms. The zero-order valence-corrected chi connectivity index (χ0v) is 10.5. The summed E-state index contributed by atoms with van der Waals surface area (Å²) < 4.78 is 0. The summed E-state index contributed by atoms with van der Waals surface area (Å²) in [4.78, 5) is 6.76. The minimum atomic E-state index is 0.824. The molecule has 0 aliphatic carbocycles. The molecule has 1 heterocycles. The van der Waals surface area contributed by atoms with Crippen LogP contribution < -0.4 is 10.2 Å². The SMILES string of the molecule is CNCc1cccc(N(C)CCSC)n1. The summed E-state index contributed by atoms with van der Waals surface area (Å²) in [7, 11) is 4.02. The van der Waals surface area contributed by atoms with Crippen LogP contribution in [0.5, 0.6) is 0 Å². The molecule has 0 aliphatic rings. The first-order chi connectivity index (χ1) is 7.27. The van der Waals surface area contributed by atoms with Crippen LogP contribution in [-0.4, -0.2) is 37.6 Å². The van der Waals surface area contributed by atoms with Crippen LogP contribution in [0.3, 0.4) is 0 Å². The lowest BCUT2D eigenvalue weighted by Gasteiger charge is -2.18. The summed E-state index contributed by atoms with van der Waals surface area (Å²) in [6, 6.07) is 6.16. The van der Waals surface area contributed by atoms with Crippen molar-refractivity contribution in [3.05, 3.63) is 23.9 Å². The second kappa shape index (κ2) is 6.69. The molecule has 1 aromatic heterocycles. The molecule has 1 N–H and O–H groups in total. The van der Waals surface area contributed by atoms with E-state index in [1.807, 2.05) is 24.9 Å². The van der Waals surface area contributed by atoms with Crippen molar-refractivity contribution in [1.29, 1.82) is 0 Å². The molecule has 0 spiro atoms. The summed E-state index contributed by atoms with van der Waals surface area (Å²) in [5.74, 6) is 2.19. The Morgan fingerprint density at radius 3 is 2.93 bits per heavy atom. The summed E-state index contributed by atoms with van der Waals surface area (Å²) in [6.45, 7) is 1.86. The van der Waals surface area contributed by atoms with Gasteiger partial charge in [0.2, 0.25) is 0 Å². The average Bonchev–Trinajstić information content (AvgIpc) is 2.27. The first-order valence-corrected chi connectivity index (χ1v) is 6.48. The molecule has 1 aromatic rings. The Hall–Kier alpha value is -0.740. The maximum absolute atomic E-state index is 4.57. The van der Waals surface area contributed by atoms with E-state index in [4.69, 9.17) is 0 Å². The van der Waals surface area contributed by atoms with Crippen molar-refractivity contribution in [3.63, 3.8) is 0 Å². The van der Waals surface area contributed by atoms with E-state index in [1.54, 1.807) is 0 Å². The molecule has 15 heavy (non-hydrogen) atoms. The lowest BCUT2D eigenvalue weighted by Crippen LogP contribution is -2.22. The number of hydrogen-bond donors (Lipinski definition) is 1. The van der Waals surface area contributed by atoms with Gasteiger partial charge in [0, 0.05) is 25.9 Å². The summed E-state index contributed by atoms with van der Waals surface area (Å²) in [5.41, 5.74) is 1.09. The molecule has 0 radical (unpaired) electrons. The van der Waals surface area contributed by atoms with E-state index in [2.05, 4.69) is 40.6 Å². The molecule has 3 nitrogen and oxygen atoms in total. The number of thioether (sulfide) groups is 1. The van der Waals surface area contributed by atoms with Gasteiger partial charge >= 0.3 is 0 Å². The molecule has 0 unspecified atom stereocenters. The number of hydrogen-bond acceptors (Lipinski definition) is 4. The van der Waals surface area contributed by atoms with E-state index in [1.165, 1.54) is 0 Å². The van der Waals surface area contributed by atoms with Gasteiger partial charge in [-0.15, -0.1) is 0 Å². The van der Waals surface area contributed by atoms with E-state index in [0.29, 0.717) is 0 Å². The highest BCUT2D eigenvalue weighted by Gasteiger charge is 2.02. The second-order valence-electron chi connectivity index (χ2n) is 3.43. The van der Waals surface area contributed by atoms with Gasteiger partial charge < -0.3 is 10.2 Å². The second-order valence-corrected chi connectivity index (χ2v) is 4.42. The van der Waals surface area contributed by atoms with Gasteiger partial charge in [0.25, 0.3) is 0 Å². The highest BCUT2D eigenvalue weighted by molar-refractivity contribution is 7.98. The van der Waals surface area contributed by atoms with Gasteiger partial charge in [0.15, 0.2) is 0 Å². The van der Waals surface area contributed by atoms with Crippen molar-refractivity contribution < 1.29 is 0 Å². The van der Waals surface area contributed by atoms with Crippen molar-refractivity contribution in [2.45, 2.75) is 6.54 Å². The van der Waals surface area contributed by atoms with Crippen molar-refractivity contribution in [2.75, 3.05) is 37.5 Å². The molecule has 0 aromatic carbocycles. The fraction of sp³-hybridized carbons (Fsp3) is 0.545. The molecule has 1 rings (SSSR count). The minimum Gasteiger partial charge on any atom is -0.359 e. The predicted molar refractivity (Wildman–Crippen MR) is 68.7 cm³/mol. The van der Waals surface area contributed by atoms with Crippen LogP contribution in [0.25, 0.3) is 0 Å². The number of nitrogens with zero attached hydrogens (tertiary/aromatic N) is 2. The maximum atomic E-state index is 4.57. The molecule has 0 fully saturated rings. The Morgan fingerprint density at radius 1 is 1.47 bits per heavy atom. The molecule has 84 valence electrons. The van der Waals surface area contributed by atoms with Gasteiger partial charge in [-0.05, 0) is 25.4 Å². The fourth-order valence-electron chi connectivity index (χ4n) is 1.30. The van der Waals surface area contributed by atoms with Gasteiger partial charge in [-0.1, -0.05) is 6.07 Å². The number of aromatic nitrogens is 1. The molecule has 0 saturated heterocycles. The zero-order valence-electron chi connectivity index (χ0n) is 9.66. The lowest BCUT2D eigenvalue weighted by atomic mass is 10.3. The van der Waals surface area contributed by atoms with Gasteiger partial charge in [0.1, 0.15) is 5.82 Å². The van der Waals surface area contributed by atoms with Gasteiger partial charge in [-0.2, -0.15) is 11.8 Å². The third kappa shape index (κ3) is 4.10. The van der Waals surface area contributed by atoms with Crippen LogP contribution in [0.2, 0.25) is 0 Å². The first-order valence-electron chi connectivity index (χ1n) is 5.08.